The van der Waals surface area contributed by atoms with Gasteiger partial charge in [0.2, 0.25) is 0 Å². The van der Waals surface area contributed by atoms with E-state index in [1.165, 1.54) is 33.4 Å². The van der Waals surface area contributed by atoms with E-state index in [1.54, 1.807) is 0 Å². The van der Waals surface area contributed by atoms with E-state index in [1.807, 2.05) is 24.3 Å². The molecule has 0 N–H and O–H groups in total. The predicted molar refractivity (Wildman–Crippen MR) is 235 cm³/mol. The van der Waals surface area contributed by atoms with Gasteiger partial charge in [-0.05, 0) is 146 Å². The summed E-state index contributed by atoms with van der Waals surface area (Å²) in [5.41, 5.74) is 17.5. The summed E-state index contributed by atoms with van der Waals surface area (Å²) in [5, 5.41) is 4.46. The van der Waals surface area contributed by atoms with Crippen molar-refractivity contribution in [3.05, 3.63) is 192 Å². The molecule has 4 heteroatoms. The molecule has 8 aromatic carbocycles. The second kappa shape index (κ2) is 13.4. The smallest absolute Gasteiger partial charge is 0.135 e. The highest BCUT2D eigenvalue weighted by atomic mass is 16.3. The van der Waals surface area contributed by atoms with Crippen LogP contribution in [0.3, 0.4) is 0 Å². The van der Waals surface area contributed by atoms with E-state index >= 15 is 0 Å². The quantitative estimate of drug-likeness (QED) is 0.164. The topological polar surface area (TPSA) is 32.8 Å². The van der Waals surface area contributed by atoms with Gasteiger partial charge in [0.15, 0.2) is 0 Å². The van der Waals surface area contributed by atoms with E-state index in [-0.39, 0.29) is 0 Å². The molecule has 0 saturated heterocycles. The Morgan fingerprint density at radius 2 is 0.679 bits per heavy atom. The first-order chi connectivity index (χ1) is 27.4. The van der Waals surface area contributed by atoms with Gasteiger partial charge < -0.3 is 18.6 Å². The molecule has 10 rings (SSSR count). The molecule has 0 spiro atoms. The Labute approximate surface area is 326 Å². The van der Waals surface area contributed by atoms with E-state index < -0.39 is 0 Å². The van der Waals surface area contributed by atoms with Gasteiger partial charge in [0.1, 0.15) is 22.3 Å². The first-order valence-corrected chi connectivity index (χ1v) is 19.2. The predicted octanol–water partition coefficient (Wildman–Crippen LogP) is 15.3. The van der Waals surface area contributed by atoms with Crippen molar-refractivity contribution in [3.63, 3.8) is 0 Å². The van der Waals surface area contributed by atoms with Crippen molar-refractivity contribution < 1.29 is 8.83 Å². The lowest BCUT2D eigenvalue weighted by Gasteiger charge is -2.29. The molecule has 0 radical (unpaired) electrons. The molecule has 0 aliphatic heterocycles. The number of fused-ring (bicyclic) bond motifs is 6. The fourth-order valence-corrected chi connectivity index (χ4v) is 8.32. The molecule has 0 saturated carbocycles. The van der Waals surface area contributed by atoms with Gasteiger partial charge >= 0.3 is 0 Å². The van der Waals surface area contributed by atoms with Gasteiger partial charge in [0.05, 0.1) is 0 Å². The number of para-hydroxylation sites is 4. The summed E-state index contributed by atoms with van der Waals surface area (Å²) in [7, 11) is 0. The van der Waals surface area contributed by atoms with Gasteiger partial charge in [0.25, 0.3) is 0 Å². The zero-order chi connectivity index (χ0) is 37.9. The summed E-state index contributed by atoms with van der Waals surface area (Å²) >= 11 is 0. The molecule has 0 aliphatic rings. The summed E-state index contributed by atoms with van der Waals surface area (Å²) in [6.07, 6.45) is 0. The van der Waals surface area contributed by atoms with Gasteiger partial charge in [-0.15, -0.1) is 0 Å². The summed E-state index contributed by atoms with van der Waals surface area (Å²) in [4.78, 5) is 4.76. The van der Waals surface area contributed by atoms with Gasteiger partial charge in [-0.25, -0.2) is 0 Å². The molecule has 2 aromatic heterocycles. The Morgan fingerprint density at radius 1 is 0.304 bits per heavy atom. The van der Waals surface area contributed by atoms with Crippen LogP contribution >= 0.6 is 0 Å². The monoisotopic (exact) mass is 724 g/mol. The maximum Gasteiger partial charge on any atom is 0.135 e. The summed E-state index contributed by atoms with van der Waals surface area (Å²) < 4.78 is 12.4. The van der Waals surface area contributed by atoms with E-state index in [0.29, 0.717) is 0 Å². The number of anilines is 6. The summed E-state index contributed by atoms with van der Waals surface area (Å²) in [5.74, 6) is 0. The van der Waals surface area contributed by atoms with Crippen LogP contribution in [0.4, 0.5) is 34.1 Å². The lowest BCUT2D eigenvalue weighted by molar-refractivity contribution is 0.668. The fourth-order valence-electron chi connectivity index (χ4n) is 8.32. The van der Waals surface area contributed by atoms with E-state index in [2.05, 4.69) is 183 Å². The normalized spacial score (nSPS) is 11.6. The Bertz CT molecular complexity index is 2900. The van der Waals surface area contributed by atoms with Gasteiger partial charge in [0, 0.05) is 55.7 Å². The van der Waals surface area contributed by atoms with Crippen LogP contribution in [0.2, 0.25) is 0 Å². The van der Waals surface area contributed by atoms with Gasteiger partial charge in [-0.1, -0.05) is 84.9 Å². The maximum atomic E-state index is 6.20. The minimum atomic E-state index is 0.891. The number of rotatable bonds is 7. The minimum absolute atomic E-state index is 0.891. The molecule has 10 aromatic rings. The highest BCUT2D eigenvalue weighted by Crippen LogP contribution is 2.44. The zero-order valence-corrected chi connectivity index (χ0v) is 31.9. The van der Waals surface area contributed by atoms with Crippen molar-refractivity contribution in [1.29, 1.82) is 0 Å². The van der Waals surface area contributed by atoms with Crippen molar-refractivity contribution in [3.8, 4) is 11.1 Å². The van der Waals surface area contributed by atoms with Crippen molar-refractivity contribution in [2.24, 2.45) is 0 Å². The van der Waals surface area contributed by atoms with E-state index in [0.717, 1.165) is 78.0 Å². The highest BCUT2D eigenvalue weighted by molar-refractivity contribution is 6.08. The van der Waals surface area contributed by atoms with Crippen molar-refractivity contribution in [2.45, 2.75) is 27.7 Å². The largest absolute Gasteiger partial charge is 0.456 e. The Balaban J connectivity index is 1.05. The molecule has 4 nitrogen and oxygen atoms in total. The van der Waals surface area contributed by atoms with E-state index in [9.17, 15) is 0 Å². The standard InChI is InChI=1S/C52H40N2O2/c1-33-13-5-9-17-45(33)53(39-23-27-51-43(31-39)41-15-7-11-19-49(41)55-51)47-25-21-37(29-35(47)3)38-22-26-48(36(4)30-38)54(46-18-10-6-14-34(46)2)40-24-28-52-44(32-40)42-16-8-12-20-50(42)56-52/h5-32H,1-4H3. The molecular weight excluding hydrogens is 685 g/mol. The van der Waals surface area contributed by atoms with Crippen LogP contribution in [-0.4, -0.2) is 0 Å². The maximum absolute atomic E-state index is 6.20. The highest BCUT2D eigenvalue weighted by Gasteiger charge is 2.21. The summed E-state index contributed by atoms with van der Waals surface area (Å²) in [6, 6.07) is 60.4. The van der Waals surface area contributed by atoms with Crippen molar-refractivity contribution in [2.75, 3.05) is 9.80 Å². The number of hydrogen-bond donors (Lipinski definition) is 0. The number of hydrogen-bond acceptors (Lipinski definition) is 4. The second-order valence-electron chi connectivity index (χ2n) is 14.8. The van der Waals surface area contributed by atoms with Crippen LogP contribution in [0.25, 0.3) is 55.0 Å². The average molecular weight is 725 g/mol. The molecule has 0 atom stereocenters. The first-order valence-electron chi connectivity index (χ1n) is 19.2. The average Bonchev–Trinajstić information content (AvgIpc) is 3.78. The Morgan fingerprint density at radius 3 is 1.11 bits per heavy atom. The zero-order valence-electron chi connectivity index (χ0n) is 31.9. The van der Waals surface area contributed by atoms with E-state index in [4.69, 9.17) is 8.83 Å². The van der Waals surface area contributed by atoms with Gasteiger partial charge in [-0.2, -0.15) is 0 Å². The van der Waals surface area contributed by atoms with Crippen LogP contribution in [0, 0.1) is 27.7 Å². The van der Waals surface area contributed by atoms with Crippen LogP contribution in [0.1, 0.15) is 22.3 Å². The van der Waals surface area contributed by atoms with Crippen LogP contribution in [0.15, 0.2) is 179 Å². The first kappa shape index (κ1) is 33.5. The molecule has 56 heavy (non-hydrogen) atoms. The third kappa shape index (κ3) is 5.61. The third-order valence-corrected chi connectivity index (χ3v) is 11.2. The lowest BCUT2D eigenvalue weighted by atomic mass is 9.98. The second-order valence-corrected chi connectivity index (χ2v) is 14.8. The minimum Gasteiger partial charge on any atom is -0.456 e. The molecule has 0 unspecified atom stereocenters. The molecule has 0 amide bonds. The van der Waals surface area contributed by atoms with Crippen LogP contribution in [-0.2, 0) is 0 Å². The molecule has 0 aliphatic carbocycles. The number of nitrogens with zero attached hydrogens (tertiary/aromatic N) is 2. The fraction of sp³-hybridized carbons (Fsp3) is 0.0769. The number of aryl methyl sites for hydroxylation is 4. The van der Waals surface area contributed by atoms with Gasteiger partial charge in [-0.3, -0.25) is 0 Å². The molecule has 2 heterocycles. The van der Waals surface area contributed by atoms with Crippen LogP contribution in [0.5, 0.6) is 0 Å². The Kier molecular flexibility index (Phi) is 8.00. The molecule has 0 bridgehead atoms. The van der Waals surface area contributed by atoms with Crippen molar-refractivity contribution >= 4 is 78.0 Å². The van der Waals surface area contributed by atoms with Crippen LogP contribution < -0.4 is 9.80 Å². The molecule has 270 valence electrons. The SMILES string of the molecule is Cc1ccccc1N(c1ccc2oc3ccccc3c2c1)c1ccc(-c2ccc(N(c3ccc4oc5ccccc5c4c3)c3ccccc3C)c(C)c2)cc1C. The number of furan rings is 2. The summed E-state index contributed by atoms with van der Waals surface area (Å²) in [6.45, 7) is 8.79. The lowest BCUT2D eigenvalue weighted by Crippen LogP contribution is -2.13. The molecule has 0 fully saturated rings. The van der Waals surface area contributed by atoms with Crippen molar-refractivity contribution in [1.82, 2.24) is 0 Å². The third-order valence-electron chi connectivity index (χ3n) is 11.2. The number of benzene rings is 8. The Hall–Kier alpha value is -7.04. The molecular formula is C52H40N2O2.